The monoisotopic (exact) mass is 304 g/mol. The molecule has 5 nitrogen and oxygen atoms in total. The molecule has 0 atom stereocenters. The van der Waals surface area contributed by atoms with Gasteiger partial charge in [-0.3, -0.25) is 4.79 Å². The van der Waals surface area contributed by atoms with E-state index in [0.29, 0.717) is 24.8 Å². The van der Waals surface area contributed by atoms with Crippen LogP contribution in [-0.2, 0) is 4.74 Å². The molecule has 6 heteroatoms. The predicted octanol–water partition coefficient (Wildman–Crippen LogP) is 3.27. The Morgan fingerprint density at radius 1 is 1.36 bits per heavy atom. The lowest BCUT2D eigenvalue weighted by Crippen LogP contribution is -2.16. The molecule has 0 aliphatic carbocycles. The first-order valence-corrected chi connectivity index (χ1v) is 7.24. The number of hydrogen-bond acceptors (Lipinski definition) is 4. The number of halogens is 1. The summed E-state index contributed by atoms with van der Waals surface area (Å²) in [5.41, 5.74) is 1.41. The number of aryl methyl sites for hydroxylation is 1. The number of nitrogens with zero attached hydrogens (tertiary/aromatic N) is 1. The average molecular weight is 304 g/mol. The number of anilines is 1. The van der Waals surface area contributed by atoms with Crippen molar-refractivity contribution in [2.45, 2.75) is 25.7 Å². The van der Waals surface area contributed by atoms with E-state index < -0.39 is 11.7 Å². The van der Waals surface area contributed by atoms with Crippen LogP contribution in [0.1, 0.15) is 40.7 Å². The van der Waals surface area contributed by atoms with Gasteiger partial charge in [0.1, 0.15) is 12.1 Å². The Labute approximate surface area is 127 Å². The van der Waals surface area contributed by atoms with Gasteiger partial charge in [-0.05, 0) is 37.5 Å². The van der Waals surface area contributed by atoms with E-state index in [1.807, 2.05) is 0 Å². The molecule has 1 N–H and O–H groups in total. The molecule has 3 rings (SSSR count). The Kier molecular flexibility index (Phi) is 4.20. The number of oxazole rings is 1. The quantitative estimate of drug-likeness (QED) is 0.945. The molecule has 0 unspecified atom stereocenters. The molecule has 2 aromatic rings. The lowest BCUT2D eigenvalue weighted by Gasteiger charge is -2.18. The summed E-state index contributed by atoms with van der Waals surface area (Å²) in [5.74, 6) is -0.0599. The van der Waals surface area contributed by atoms with Crippen molar-refractivity contribution in [1.29, 1.82) is 0 Å². The molecule has 1 aromatic carbocycles. The number of hydrogen-bond donors (Lipinski definition) is 1. The molecule has 2 heterocycles. The van der Waals surface area contributed by atoms with Crippen LogP contribution >= 0.6 is 0 Å². The van der Waals surface area contributed by atoms with Crippen molar-refractivity contribution in [3.63, 3.8) is 0 Å². The first kappa shape index (κ1) is 14.7. The number of nitrogens with one attached hydrogen (secondary N) is 1. The third-order valence-corrected chi connectivity index (χ3v) is 3.77. The van der Waals surface area contributed by atoms with Gasteiger partial charge in [-0.25, -0.2) is 9.37 Å². The van der Waals surface area contributed by atoms with Crippen LogP contribution < -0.4 is 5.32 Å². The molecule has 0 bridgehead atoms. The van der Waals surface area contributed by atoms with Gasteiger partial charge >= 0.3 is 0 Å². The molecular weight excluding hydrogens is 287 g/mol. The van der Waals surface area contributed by atoms with Crippen LogP contribution in [0.5, 0.6) is 0 Å². The first-order chi connectivity index (χ1) is 10.6. The number of rotatable bonds is 3. The standard InChI is InChI=1S/C16H17FN2O3/c1-10-2-3-12(17)8-13(10)18-15(20)14-9-22-16(19-14)11-4-6-21-7-5-11/h2-3,8-9,11H,4-7H2,1H3,(H,18,20). The van der Waals surface area contributed by atoms with Crippen LogP contribution in [0.3, 0.4) is 0 Å². The van der Waals surface area contributed by atoms with Crippen molar-refractivity contribution in [1.82, 2.24) is 4.98 Å². The Bertz CT molecular complexity index is 678. The fourth-order valence-corrected chi connectivity index (χ4v) is 2.44. The summed E-state index contributed by atoms with van der Waals surface area (Å²) < 4.78 is 24.0. The SMILES string of the molecule is Cc1ccc(F)cc1NC(=O)c1coc(C2CCOCC2)n1. The summed E-state index contributed by atoms with van der Waals surface area (Å²) >= 11 is 0. The third kappa shape index (κ3) is 3.17. The van der Waals surface area contributed by atoms with E-state index in [9.17, 15) is 9.18 Å². The van der Waals surface area contributed by atoms with Crippen molar-refractivity contribution < 1.29 is 18.3 Å². The van der Waals surface area contributed by atoms with Crippen LogP contribution in [0.2, 0.25) is 0 Å². The lowest BCUT2D eigenvalue weighted by atomic mass is 10.0. The maximum absolute atomic E-state index is 13.2. The highest BCUT2D eigenvalue weighted by Crippen LogP contribution is 2.26. The Balaban J connectivity index is 1.72. The van der Waals surface area contributed by atoms with Crippen molar-refractivity contribution in [2.24, 2.45) is 0 Å². The Morgan fingerprint density at radius 2 is 2.14 bits per heavy atom. The molecular formula is C16H17FN2O3. The predicted molar refractivity (Wildman–Crippen MR) is 78.4 cm³/mol. The topological polar surface area (TPSA) is 64.4 Å². The van der Waals surface area contributed by atoms with Crippen LogP contribution in [0.15, 0.2) is 28.9 Å². The zero-order valence-electron chi connectivity index (χ0n) is 12.3. The molecule has 1 aliphatic heterocycles. The molecule has 1 aromatic heterocycles. The van der Waals surface area contributed by atoms with Crippen molar-refractivity contribution >= 4 is 11.6 Å². The molecule has 1 fully saturated rings. The van der Waals surface area contributed by atoms with E-state index in [-0.39, 0.29) is 11.6 Å². The number of benzene rings is 1. The van der Waals surface area contributed by atoms with Crippen molar-refractivity contribution in [3.05, 3.63) is 47.4 Å². The molecule has 116 valence electrons. The van der Waals surface area contributed by atoms with Gasteiger partial charge in [0.2, 0.25) is 0 Å². The first-order valence-electron chi connectivity index (χ1n) is 7.24. The molecule has 22 heavy (non-hydrogen) atoms. The van der Waals surface area contributed by atoms with Gasteiger partial charge in [-0.1, -0.05) is 6.07 Å². The largest absolute Gasteiger partial charge is 0.448 e. The zero-order chi connectivity index (χ0) is 15.5. The summed E-state index contributed by atoms with van der Waals surface area (Å²) in [6, 6.07) is 4.25. The summed E-state index contributed by atoms with van der Waals surface area (Å²) in [6.45, 7) is 3.15. The maximum atomic E-state index is 13.2. The minimum Gasteiger partial charge on any atom is -0.448 e. The van der Waals surface area contributed by atoms with Gasteiger partial charge in [-0.15, -0.1) is 0 Å². The Hall–Kier alpha value is -2.21. The fourth-order valence-electron chi connectivity index (χ4n) is 2.44. The van der Waals surface area contributed by atoms with Crippen molar-refractivity contribution in [3.8, 4) is 0 Å². The maximum Gasteiger partial charge on any atom is 0.277 e. The van der Waals surface area contributed by atoms with E-state index in [0.717, 1.165) is 18.4 Å². The van der Waals surface area contributed by atoms with Gasteiger partial charge in [-0.2, -0.15) is 0 Å². The van der Waals surface area contributed by atoms with E-state index in [4.69, 9.17) is 9.15 Å². The van der Waals surface area contributed by atoms with E-state index in [2.05, 4.69) is 10.3 Å². The number of carbonyl (C=O) groups excluding carboxylic acids is 1. The summed E-state index contributed by atoms with van der Waals surface area (Å²) in [4.78, 5) is 16.4. The zero-order valence-corrected chi connectivity index (χ0v) is 12.3. The van der Waals surface area contributed by atoms with Gasteiger partial charge in [0.05, 0.1) is 0 Å². The van der Waals surface area contributed by atoms with Crippen LogP contribution in [0, 0.1) is 12.7 Å². The summed E-state index contributed by atoms with van der Waals surface area (Å²) in [7, 11) is 0. The van der Waals surface area contributed by atoms with Crippen LogP contribution in [0.25, 0.3) is 0 Å². The number of ether oxygens (including phenoxy) is 1. The highest BCUT2D eigenvalue weighted by atomic mass is 19.1. The second-order valence-corrected chi connectivity index (χ2v) is 5.37. The van der Waals surface area contributed by atoms with E-state index in [1.165, 1.54) is 18.4 Å². The normalized spacial score (nSPS) is 15.7. The van der Waals surface area contributed by atoms with E-state index >= 15 is 0 Å². The molecule has 0 saturated carbocycles. The molecule has 0 spiro atoms. The number of carbonyl (C=O) groups is 1. The average Bonchev–Trinajstić information content (AvgIpc) is 3.02. The van der Waals surface area contributed by atoms with Gasteiger partial charge in [0, 0.05) is 24.8 Å². The lowest BCUT2D eigenvalue weighted by molar-refractivity contribution is 0.0794. The van der Waals surface area contributed by atoms with Crippen LogP contribution in [0.4, 0.5) is 10.1 Å². The second kappa shape index (κ2) is 6.27. The number of amides is 1. The second-order valence-electron chi connectivity index (χ2n) is 5.37. The molecule has 1 amide bonds. The highest BCUT2D eigenvalue weighted by Gasteiger charge is 2.22. The summed E-state index contributed by atoms with van der Waals surface area (Å²) in [5, 5.41) is 2.66. The molecule has 1 aliphatic rings. The minimum atomic E-state index is -0.407. The highest BCUT2D eigenvalue weighted by molar-refractivity contribution is 6.03. The van der Waals surface area contributed by atoms with Gasteiger partial charge < -0.3 is 14.5 Å². The number of aromatic nitrogens is 1. The summed E-state index contributed by atoms with van der Waals surface area (Å²) in [6.07, 6.45) is 3.02. The van der Waals surface area contributed by atoms with Gasteiger partial charge in [0.25, 0.3) is 5.91 Å². The molecule has 1 saturated heterocycles. The smallest absolute Gasteiger partial charge is 0.277 e. The Morgan fingerprint density at radius 3 is 2.91 bits per heavy atom. The van der Waals surface area contributed by atoms with E-state index in [1.54, 1.807) is 13.0 Å². The fraction of sp³-hybridized carbons (Fsp3) is 0.375. The molecule has 0 radical (unpaired) electrons. The van der Waals surface area contributed by atoms with Crippen LogP contribution in [-0.4, -0.2) is 24.1 Å². The van der Waals surface area contributed by atoms with Crippen molar-refractivity contribution in [2.75, 3.05) is 18.5 Å². The minimum absolute atomic E-state index is 0.186. The van der Waals surface area contributed by atoms with Gasteiger partial charge in [0.15, 0.2) is 11.6 Å². The third-order valence-electron chi connectivity index (χ3n) is 3.77.